The Balaban J connectivity index is 0.00000157. The first-order valence-corrected chi connectivity index (χ1v) is 9.91. The molecule has 5 nitrogen and oxygen atoms in total. The Morgan fingerprint density at radius 1 is 1.28 bits per heavy atom. The van der Waals surface area contributed by atoms with Gasteiger partial charge >= 0.3 is 0 Å². The lowest BCUT2D eigenvalue weighted by Gasteiger charge is -2.54. The number of pyridine rings is 1. The van der Waals surface area contributed by atoms with E-state index in [1.54, 1.807) is 11.5 Å². The van der Waals surface area contributed by atoms with Crippen molar-refractivity contribution in [3.63, 3.8) is 0 Å². The summed E-state index contributed by atoms with van der Waals surface area (Å²) in [5.41, 5.74) is 3.76. The minimum atomic E-state index is 0. The molecule has 2 bridgehead atoms. The maximum absolute atomic E-state index is 4.72. The second-order valence-electron chi connectivity index (χ2n) is 6.54. The van der Waals surface area contributed by atoms with Crippen molar-refractivity contribution in [3.05, 3.63) is 35.7 Å². The van der Waals surface area contributed by atoms with E-state index in [9.17, 15) is 0 Å². The van der Waals surface area contributed by atoms with E-state index in [1.165, 1.54) is 37.8 Å². The highest BCUT2D eigenvalue weighted by Crippen LogP contribution is 2.47. The smallest absolute Gasteiger partial charge is 0.127 e. The number of hydrogen-bond acceptors (Lipinski definition) is 7. The van der Waals surface area contributed by atoms with Crippen LogP contribution in [0.3, 0.4) is 0 Å². The van der Waals surface area contributed by atoms with Gasteiger partial charge in [0.2, 0.25) is 0 Å². The van der Waals surface area contributed by atoms with Crippen LogP contribution in [-0.4, -0.2) is 34.5 Å². The average Bonchev–Trinajstić information content (AvgIpc) is 3.16. The van der Waals surface area contributed by atoms with Gasteiger partial charge in [-0.15, -0.1) is 23.7 Å². The van der Waals surface area contributed by atoms with E-state index in [2.05, 4.69) is 27.4 Å². The van der Waals surface area contributed by atoms with E-state index in [0.717, 1.165) is 19.6 Å². The number of fused-ring (bicyclic) bond motifs is 3. The third-order valence-corrected chi connectivity index (χ3v) is 7.30. The zero-order chi connectivity index (χ0) is 16.1. The standard InChI is InChI=1S/C17H19N5S2.ClH/c1-10-14-15(23-17(10)22-12-6-13(22)9-19-8-12)16(24-21-14)20-7-11-2-4-18-5-3-11;/h2-5,12-13,19-20H,6-9H2,1H3;1H. The number of piperazine rings is 1. The molecule has 25 heavy (non-hydrogen) atoms. The molecule has 0 aliphatic carbocycles. The van der Waals surface area contributed by atoms with Crippen molar-refractivity contribution in [2.24, 2.45) is 0 Å². The molecule has 2 unspecified atom stereocenters. The molecule has 0 radical (unpaired) electrons. The molecule has 2 saturated heterocycles. The number of aryl methyl sites for hydroxylation is 1. The highest BCUT2D eigenvalue weighted by Gasteiger charge is 2.43. The summed E-state index contributed by atoms with van der Waals surface area (Å²) in [6, 6.07) is 5.43. The van der Waals surface area contributed by atoms with Gasteiger partial charge in [0, 0.05) is 49.7 Å². The molecule has 0 amide bonds. The lowest BCUT2D eigenvalue weighted by Crippen LogP contribution is -2.68. The first-order valence-electron chi connectivity index (χ1n) is 8.32. The van der Waals surface area contributed by atoms with Crippen molar-refractivity contribution in [1.82, 2.24) is 14.7 Å². The molecule has 2 N–H and O–H groups in total. The fourth-order valence-electron chi connectivity index (χ4n) is 3.74. The summed E-state index contributed by atoms with van der Waals surface area (Å²) in [6.07, 6.45) is 5.00. The fourth-order valence-corrected chi connectivity index (χ4v) is 6.07. The monoisotopic (exact) mass is 393 g/mol. The number of anilines is 2. The largest absolute Gasteiger partial charge is 0.370 e. The van der Waals surface area contributed by atoms with E-state index >= 15 is 0 Å². The summed E-state index contributed by atoms with van der Waals surface area (Å²) >= 11 is 3.48. The number of nitrogens with zero attached hydrogens (tertiary/aromatic N) is 3. The highest BCUT2D eigenvalue weighted by atomic mass is 35.5. The number of aromatic nitrogens is 2. The molecule has 2 fully saturated rings. The Morgan fingerprint density at radius 2 is 2.04 bits per heavy atom. The molecule has 0 spiro atoms. The van der Waals surface area contributed by atoms with Gasteiger partial charge in [-0.2, -0.15) is 4.37 Å². The number of thiophene rings is 1. The minimum absolute atomic E-state index is 0. The number of nitrogens with one attached hydrogen (secondary N) is 2. The lowest BCUT2D eigenvalue weighted by atomic mass is 9.89. The molecule has 2 aliphatic heterocycles. The van der Waals surface area contributed by atoms with Gasteiger partial charge in [-0.1, -0.05) is 0 Å². The number of piperidine rings is 1. The molecule has 3 aromatic rings. The number of rotatable bonds is 4. The van der Waals surface area contributed by atoms with Crippen molar-refractivity contribution >= 4 is 55.5 Å². The lowest BCUT2D eigenvalue weighted by molar-refractivity contribution is 0.264. The fraction of sp³-hybridized carbons (Fsp3) is 0.412. The first-order chi connectivity index (χ1) is 11.8. The molecule has 3 aromatic heterocycles. The number of hydrogen-bond donors (Lipinski definition) is 2. The predicted molar refractivity (Wildman–Crippen MR) is 109 cm³/mol. The summed E-state index contributed by atoms with van der Waals surface area (Å²) in [6.45, 7) is 5.26. The SMILES string of the molecule is Cc1c(N2C3CNCC2C3)sc2c(NCc3ccncc3)snc12.Cl. The molecule has 0 saturated carbocycles. The van der Waals surface area contributed by atoms with Gasteiger partial charge < -0.3 is 15.5 Å². The summed E-state index contributed by atoms with van der Waals surface area (Å²) < 4.78 is 6.03. The maximum Gasteiger partial charge on any atom is 0.127 e. The Kier molecular flexibility index (Phi) is 4.58. The van der Waals surface area contributed by atoms with Crippen molar-refractivity contribution in [2.75, 3.05) is 23.3 Å². The zero-order valence-electron chi connectivity index (χ0n) is 13.9. The molecular formula is C17H20ClN5S2. The Bertz CT molecular complexity index is 864. The van der Waals surface area contributed by atoms with Crippen LogP contribution in [-0.2, 0) is 6.54 Å². The second kappa shape index (κ2) is 6.72. The summed E-state index contributed by atoms with van der Waals surface area (Å²) in [4.78, 5) is 6.69. The van der Waals surface area contributed by atoms with Crippen LogP contribution in [0.4, 0.5) is 10.0 Å². The van der Waals surface area contributed by atoms with E-state index < -0.39 is 0 Å². The maximum atomic E-state index is 4.72. The van der Waals surface area contributed by atoms with Gasteiger partial charge in [-0.3, -0.25) is 4.98 Å². The van der Waals surface area contributed by atoms with Crippen LogP contribution in [0, 0.1) is 6.92 Å². The minimum Gasteiger partial charge on any atom is -0.370 e. The van der Waals surface area contributed by atoms with E-state index in [4.69, 9.17) is 4.37 Å². The Hall–Kier alpha value is -1.41. The van der Waals surface area contributed by atoms with Crippen LogP contribution in [0.5, 0.6) is 0 Å². The Morgan fingerprint density at radius 3 is 2.76 bits per heavy atom. The van der Waals surface area contributed by atoms with E-state index in [-0.39, 0.29) is 12.4 Å². The third-order valence-electron chi connectivity index (χ3n) is 5.05. The van der Waals surface area contributed by atoms with Gasteiger partial charge in [0.05, 0.1) is 9.70 Å². The molecule has 8 heteroatoms. The second-order valence-corrected chi connectivity index (χ2v) is 8.31. The molecule has 2 atom stereocenters. The van der Waals surface area contributed by atoms with Gasteiger partial charge in [0.1, 0.15) is 10.5 Å². The van der Waals surface area contributed by atoms with E-state index in [1.807, 2.05) is 35.9 Å². The van der Waals surface area contributed by atoms with Crippen LogP contribution < -0.4 is 15.5 Å². The molecule has 0 aromatic carbocycles. The van der Waals surface area contributed by atoms with Crippen molar-refractivity contribution in [1.29, 1.82) is 0 Å². The molecule has 2 aliphatic rings. The van der Waals surface area contributed by atoms with Crippen molar-refractivity contribution in [3.8, 4) is 0 Å². The molecule has 5 heterocycles. The van der Waals surface area contributed by atoms with Gasteiger partial charge in [-0.05, 0) is 42.6 Å². The highest BCUT2D eigenvalue weighted by molar-refractivity contribution is 7.27. The zero-order valence-corrected chi connectivity index (χ0v) is 16.3. The van der Waals surface area contributed by atoms with Crippen LogP contribution in [0.1, 0.15) is 17.5 Å². The van der Waals surface area contributed by atoms with Crippen molar-refractivity contribution < 1.29 is 0 Å². The van der Waals surface area contributed by atoms with E-state index in [0.29, 0.717) is 12.1 Å². The molecular weight excluding hydrogens is 374 g/mol. The van der Waals surface area contributed by atoms with Crippen LogP contribution in [0.2, 0.25) is 0 Å². The predicted octanol–water partition coefficient (Wildman–Crippen LogP) is 3.65. The summed E-state index contributed by atoms with van der Waals surface area (Å²) in [5, 5.41) is 9.68. The van der Waals surface area contributed by atoms with Crippen LogP contribution in [0.25, 0.3) is 10.2 Å². The quantitative estimate of drug-likeness (QED) is 0.708. The van der Waals surface area contributed by atoms with Crippen molar-refractivity contribution in [2.45, 2.75) is 32.0 Å². The normalized spacial score (nSPS) is 21.7. The summed E-state index contributed by atoms with van der Waals surface area (Å²) in [5.74, 6) is 0. The van der Waals surface area contributed by atoms with Gasteiger partial charge in [0.25, 0.3) is 0 Å². The third kappa shape index (κ3) is 2.79. The summed E-state index contributed by atoms with van der Waals surface area (Å²) in [7, 11) is 0. The van der Waals surface area contributed by atoms with Gasteiger partial charge in [0.15, 0.2) is 0 Å². The van der Waals surface area contributed by atoms with Crippen LogP contribution >= 0.6 is 35.3 Å². The number of halogens is 1. The Labute approximate surface area is 161 Å². The first kappa shape index (κ1) is 17.0. The molecule has 132 valence electrons. The van der Waals surface area contributed by atoms with Gasteiger partial charge in [-0.25, -0.2) is 0 Å². The molecule has 5 rings (SSSR count). The topological polar surface area (TPSA) is 53.1 Å². The average molecular weight is 394 g/mol. The van der Waals surface area contributed by atoms with Crippen LogP contribution in [0.15, 0.2) is 24.5 Å².